The Bertz CT molecular complexity index is 650. The second-order valence-electron chi connectivity index (χ2n) is 3.81. The van der Waals surface area contributed by atoms with E-state index < -0.39 is 10.0 Å². The minimum atomic E-state index is -3.55. The van der Waals surface area contributed by atoms with Gasteiger partial charge in [0.1, 0.15) is 0 Å². The second kappa shape index (κ2) is 5.05. The van der Waals surface area contributed by atoms with Crippen LogP contribution in [0.4, 0.5) is 5.69 Å². The van der Waals surface area contributed by atoms with Crippen LogP contribution in [-0.4, -0.2) is 13.4 Å². The molecule has 0 amide bonds. The highest BCUT2D eigenvalue weighted by Crippen LogP contribution is 2.21. The molecule has 3 N–H and O–H groups in total. The van der Waals surface area contributed by atoms with Crippen molar-refractivity contribution in [3.05, 3.63) is 40.3 Å². The largest absolute Gasteiger partial charge is 0.326 e. The maximum absolute atomic E-state index is 12.1. The number of anilines is 1. The van der Waals surface area contributed by atoms with Crippen LogP contribution in [0.15, 0.2) is 34.8 Å². The number of thiophene rings is 1. The molecule has 2 heterocycles. The van der Waals surface area contributed by atoms with Crippen molar-refractivity contribution >= 4 is 27.0 Å². The van der Waals surface area contributed by atoms with E-state index in [1.165, 1.54) is 17.5 Å². The standard InChI is InChI=1S/C11H13N3O2S2/c1-8-2-9(6-13-5-8)14-18(15,16)11-3-10(4-12)17-7-11/h2-3,5-7,14H,4,12H2,1H3. The van der Waals surface area contributed by atoms with E-state index >= 15 is 0 Å². The van der Waals surface area contributed by atoms with E-state index in [1.54, 1.807) is 23.7 Å². The molecule has 0 saturated carbocycles. The lowest BCUT2D eigenvalue weighted by molar-refractivity contribution is 0.601. The van der Waals surface area contributed by atoms with Gasteiger partial charge in [0, 0.05) is 23.0 Å². The first kappa shape index (κ1) is 13.0. The highest BCUT2D eigenvalue weighted by molar-refractivity contribution is 7.92. The fraction of sp³-hybridized carbons (Fsp3) is 0.182. The highest BCUT2D eigenvalue weighted by Gasteiger charge is 2.16. The molecule has 0 aliphatic carbocycles. The minimum absolute atomic E-state index is 0.231. The molecule has 96 valence electrons. The summed E-state index contributed by atoms with van der Waals surface area (Å²) in [7, 11) is -3.55. The topological polar surface area (TPSA) is 85.1 Å². The van der Waals surface area contributed by atoms with Gasteiger partial charge in [0.25, 0.3) is 10.0 Å². The van der Waals surface area contributed by atoms with Gasteiger partial charge in [-0.2, -0.15) is 0 Å². The zero-order valence-corrected chi connectivity index (χ0v) is 11.4. The van der Waals surface area contributed by atoms with Gasteiger partial charge in [0.2, 0.25) is 0 Å². The number of sulfonamides is 1. The third-order valence-electron chi connectivity index (χ3n) is 2.27. The molecule has 0 spiro atoms. The molecule has 0 bridgehead atoms. The smallest absolute Gasteiger partial charge is 0.262 e. The molecule has 0 saturated heterocycles. The van der Waals surface area contributed by atoms with Gasteiger partial charge in [-0.05, 0) is 24.6 Å². The van der Waals surface area contributed by atoms with Crippen LogP contribution >= 0.6 is 11.3 Å². The number of rotatable bonds is 4. The molecule has 7 heteroatoms. The van der Waals surface area contributed by atoms with Crippen LogP contribution in [0.5, 0.6) is 0 Å². The molecule has 0 atom stereocenters. The SMILES string of the molecule is Cc1cncc(NS(=O)(=O)c2csc(CN)c2)c1. The molecule has 0 aliphatic rings. The Hall–Kier alpha value is -1.44. The normalized spacial score (nSPS) is 11.4. The average molecular weight is 283 g/mol. The van der Waals surface area contributed by atoms with E-state index in [-0.39, 0.29) is 4.90 Å². The minimum Gasteiger partial charge on any atom is -0.326 e. The number of aryl methyl sites for hydroxylation is 1. The van der Waals surface area contributed by atoms with Crippen molar-refractivity contribution in [1.29, 1.82) is 0 Å². The molecule has 18 heavy (non-hydrogen) atoms. The Morgan fingerprint density at radius 3 is 2.78 bits per heavy atom. The summed E-state index contributed by atoms with van der Waals surface area (Å²) in [6.45, 7) is 2.19. The van der Waals surface area contributed by atoms with Crippen molar-refractivity contribution in [2.75, 3.05) is 4.72 Å². The molecular formula is C11H13N3O2S2. The zero-order valence-electron chi connectivity index (χ0n) is 9.75. The first-order valence-corrected chi connectivity index (χ1v) is 7.59. The van der Waals surface area contributed by atoms with Crippen molar-refractivity contribution in [2.24, 2.45) is 5.73 Å². The fourth-order valence-electron chi connectivity index (χ4n) is 1.43. The van der Waals surface area contributed by atoms with Crippen LogP contribution in [-0.2, 0) is 16.6 Å². The lowest BCUT2D eigenvalue weighted by Crippen LogP contribution is -2.12. The van der Waals surface area contributed by atoms with Crippen LogP contribution in [0.3, 0.4) is 0 Å². The van der Waals surface area contributed by atoms with Crippen molar-refractivity contribution in [3.8, 4) is 0 Å². The quantitative estimate of drug-likeness (QED) is 0.894. The van der Waals surface area contributed by atoms with Gasteiger partial charge >= 0.3 is 0 Å². The summed E-state index contributed by atoms with van der Waals surface area (Å²) in [6, 6.07) is 3.30. The molecule has 2 rings (SSSR count). The Balaban J connectivity index is 2.27. The number of hydrogen-bond acceptors (Lipinski definition) is 5. The van der Waals surface area contributed by atoms with Gasteiger partial charge in [-0.1, -0.05) is 0 Å². The van der Waals surface area contributed by atoms with Crippen LogP contribution < -0.4 is 10.5 Å². The molecule has 0 unspecified atom stereocenters. The van der Waals surface area contributed by atoms with Gasteiger partial charge in [0.05, 0.1) is 16.8 Å². The Labute approximate surface area is 110 Å². The van der Waals surface area contributed by atoms with Gasteiger partial charge in [-0.3, -0.25) is 9.71 Å². The summed E-state index contributed by atoms with van der Waals surface area (Å²) in [5.41, 5.74) is 6.81. The number of nitrogens with one attached hydrogen (secondary N) is 1. The van der Waals surface area contributed by atoms with Crippen molar-refractivity contribution in [2.45, 2.75) is 18.4 Å². The average Bonchev–Trinajstić information content (AvgIpc) is 2.77. The van der Waals surface area contributed by atoms with E-state index in [9.17, 15) is 8.42 Å². The predicted molar refractivity (Wildman–Crippen MR) is 72.0 cm³/mol. The van der Waals surface area contributed by atoms with E-state index in [4.69, 9.17) is 5.73 Å². The maximum Gasteiger partial charge on any atom is 0.262 e. The Morgan fingerprint density at radius 1 is 1.39 bits per heavy atom. The number of hydrogen-bond donors (Lipinski definition) is 2. The van der Waals surface area contributed by atoms with Crippen molar-refractivity contribution in [3.63, 3.8) is 0 Å². The summed E-state index contributed by atoms with van der Waals surface area (Å²) < 4.78 is 26.6. The Kier molecular flexibility index (Phi) is 3.65. The lowest BCUT2D eigenvalue weighted by Gasteiger charge is -2.06. The van der Waals surface area contributed by atoms with E-state index in [2.05, 4.69) is 9.71 Å². The number of aromatic nitrogens is 1. The molecule has 0 aliphatic heterocycles. The highest BCUT2D eigenvalue weighted by atomic mass is 32.2. The first-order valence-electron chi connectivity index (χ1n) is 5.23. The molecule has 0 radical (unpaired) electrons. The Morgan fingerprint density at radius 2 is 2.17 bits per heavy atom. The maximum atomic E-state index is 12.1. The fourth-order valence-corrected chi connectivity index (χ4v) is 3.62. The monoisotopic (exact) mass is 283 g/mol. The number of pyridine rings is 1. The molecule has 2 aromatic rings. The van der Waals surface area contributed by atoms with Crippen molar-refractivity contribution in [1.82, 2.24) is 4.98 Å². The van der Waals surface area contributed by atoms with E-state index in [0.717, 1.165) is 10.4 Å². The lowest BCUT2D eigenvalue weighted by atomic mass is 10.3. The first-order chi connectivity index (χ1) is 8.51. The van der Waals surface area contributed by atoms with Gasteiger partial charge in [0.15, 0.2) is 0 Å². The number of nitrogens with zero attached hydrogens (tertiary/aromatic N) is 1. The van der Waals surface area contributed by atoms with Gasteiger partial charge < -0.3 is 5.73 Å². The molecule has 5 nitrogen and oxygen atoms in total. The van der Waals surface area contributed by atoms with Crippen LogP contribution in [0, 0.1) is 6.92 Å². The summed E-state index contributed by atoms with van der Waals surface area (Å²) in [4.78, 5) is 5.00. The van der Waals surface area contributed by atoms with E-state index in [0.29, 0.717) is 12.2 Å². The third kappa shape index (κ3) is 2.87. The summed E-state index contributed by atoms with van der Waals surface area (Å²) in [6.07, 6.45) is 3.13. The predicted octanol–water partition coefficient (Wildman–Crippen LogP) is 1.71. The second-order valence-corrected chi connectivity index (χ2v) is 6.49. The number of nitrogens with two attached hydrogens (primary N) is 1. The zero-order chi connectivity index (χ0) is 13.2. The van der Waals surface area contributed by atoms with Gasteiger partial charge in [-0.15, -0.1) is 11.3 Å². The van der Waals surface area contributed by atoms with Crippen molar-refractivity contribution < 1.29 is 8.42 Å². The molecule has 0 aromatic carbocycles. The van der Waals surface area contributed by atoms with Gasteiger partial charge in [-0.25, -0.2) is 8.42 Å². The molecule has 0 fully saturated rings. The summed E-state index contributed by atoms with van der Waals surface area (Å²) in [5, 5.41) is 1.58. The molecular weight excluding hydrogens is 270 g/mol. The van der Waals surface area contributed by atoms with E-state index in [1.807, 2.05) is 6.92 Å². The summed E-state index contributed by atoms with van der Waals surface area (Å²) >= 11 is 1.33. The third-order valence-corrected chi connectivity index (χ3v) is 4.74. The summed E-state index contributed by atoms with van der Waals surface area (Å²) in [5.74, 6) is 0. The van der Waals surface area contributed by atoms with Crippen LogP contribution in [0.2, 0.25) is 0 Å². The van der Waals surface area contributed by atoms with Crippen LogP contribution in [0.1, 0.15) is 10.4 Å². The molecule has 2 aromatic heterocycles. The van der Waals surface area contributed by atoms with Crippen LogP contribution in [0.25, 0.3) is 0 Å².